The van der Waals surface area contributed by atoms with Crippen LogP contribution < -0.4 is 10.4 Å². The third-order valence-electron chi connectivity index (χ3n) is 6.19. The van der Waals surface area contributed by atoms with Crippen molar-refractivity contribution in [2.24, 2.45) is 21.5 Å². The van der Waals surface area contributed by atoms with E-state index in [9.17, 15) is 0 Å². The molecule has 0 N–H and O–H groups in total. The summed E-state index contributed by atoms with van der Waals surface area (Å²) in [6, 6.07) is 22.3. The summed E-state index contributed by atoms with van der Waals surface area (Å²) in [6.45, 7) is 0. The second-order valence-corrected chi connectivity index (χ2v) is 8.05. The monoisotopic (exact) mass is 384 g/mol. The van der Waals surface area contributed by atoms with Gasteiger partial charge in [0, 0.05) is 12.1 Å². The Bertz CT molecular complexity index is 1650. The fraction of sp³-hybridized carbons (Fsp3) is 0.0385. The van der Waals surface area contributed by atoms with Gasteiger partial charge in [0.2, 0.25) is 0 Å². The molecule has 0 fully saturated rings. The van der Waals surface area contributed by atoms with E-state index >= 15 is 0 Å². The Morgan fingerprint density at radius 1 is 0.700 bits per heavy atom. The highest BCUT2D eigenvalue weighted by atomic mass is 15.6. The van der Waals surface area contributed by atoms with Crippen molar-refractivity contribution in [3.05, 3.63) is 94.6 Å². The van der Waals surface area contributed by atoms with E-state index in [0.29, 0.717) is 0 Å². The van der Waals surface area contributed by atoms with Crippen molar-refractivity contribution in [3.63, 3.8) is 0 Å². The summed E-state index contributed by atoms with van der Waals surface area (Å²) in [5.41, 5.74) is 2.18. The molecular weight excluding hydrogens is 368 g/mol. The lowest BCUT2D eigenvalue weighted by Gasteiger charge is -2.26. The molecule has 140 valence electrons. The third-order valence-corrected chi connectivity index (χ3v) is 6.19. The van der Waals surface area contributed by atoms with Gasteiger partial charge in [-0.2, -0.15) is 0 Å². The average molecular weight is 384 g/mol. The molecule has 2 heterocycles. The SMILES string of the molecule is C1=NN=NN2C=C3C=c4cc5cc6cc7ccccc7cc6cc5cc4=CC3C=C12. The third kappa shape index (κ3) is 2.31. The maximum absolute atomic E-state index is 4.09. The summed E-state index contributed by atoms with van der Waals surface area (Å²) >= 11 is 0. The summed E-state index contributed by atoms with van der Waals surface area (Å²) in [4.78, 5) is 0. The van der Waals surface area contributed by atoms with Crippen LogP contribution >= 0.6 is 0 Å². The maximum atomic E-state index is 4.09. The first kappa shape index (κ1) is 15.8. The van der Waals surface area contributed by atoms with Crippen molar-refractivity contribution >= 4 is 50.7 Å². The predicted octanol–water partition coefficient (Wildman–Crippen LogP) is 4.79. The van der Waals surface area contributed by atoms with Crippen LogP contribution in [0.25, 0.3) is 44.5 Å². The van der Waals surface area contributed by atoms with E-state index in [1.54, 1.807) is 11.2 Å². The highest BCUT2D eigenvalue weighted by Crippen LogP contribution is 2.30. The first-order valence-corrected chi connectivity index (χ1v) is 10.1. The molecule has 2 aliphatic heterocycles. The van der Waals surface area contributed by atoms with Crippen molar-refractivity contribution in [2.75, 3.05) is 0 Å². The maximum Gasteiger partial charge on any atom is 0.0835 e. The first-order chi connectivity index (χ1) is 14.8. The van der Waals surface area contributed by atoms with Crippen LogP contribution in [0.5, 0.6) is 0 Å². The molecule has 3 aliphatic rings. The van der Waals surface area contributed by atoms with Crippen LogP contribution in [0.2, 0.25) is 0 Å². The molecule has 30 heavy (non-hydrogen) atoms. The topological polar surface area (TPSA) is 40.3 Å². The van der Waals surface area contributed by atoms with E-state index in [-0.39, 0.29) is 5.92 Å². The molecule has 0 aromatic heterocycles. The fourth-order valence-corrected chi connectivity index (χ4v) is 4.69. The van der Waals surface area contributed by atoms with E-state index < -0.39 is 0 Å². The molecule has 4 nitrogen and oxygen atoms in total. The lowest BCUT2D eigenvalue weighted by Crippen LogP contribution is -2.32. The molecular formula is C26H16N4. The van der Waals surface area contributed by atoms with Crippen LogP contribution in [-0.4, -0.2) is 11.2 Å². The standard InChI is InChI=1S/C26H16N4/c1-2-4-17-6-19-8-21-10-23-12-25-15-30-26(14-27-28-29-30)13-24(25)11-22(23)9-20(21)7-18(19)5-16(17)3-1/h1-15,24H. The molecule has 1 aliphatic carbocycles. The number of allylic oxidation sites excluding steroid dienone is 3. The number of benzene rings is 4. The Labute approximate surface area is 172 Å². The van der Waals surface area contributed by atoms with E-state index in [0.717, 1.165) is 5.70 Å². The zero-order valence-electron chi connectivity index (χ0n) is 16.0. The largest absolute Gasteiger partial charge is 0.219 e. The smallest absolute Gasteiger partial charge is 0.0835 e. The highest BCUT2D eigenvalue weighted by molar-refractivity contribution is 6.04. The van der Waals surface area contributed by atoms with Crippen molar-refractivity contribution < 1.29 is 0 Å². The fourth-order valence-electron chi connectivity index (χ4n) is 4.69. The van der Waals surface area contributed by atoms with Gasteiger partial charge in [-0.25, -0.2) is 5.01 Å². The van der Waals surface area contributed by atoms with E-state index in [1.807, 2.05) is 6.20 Å². The van der Waals surface area contributed by atoms with E-state index in [1.165, 1.54) is 48.3 Å². The van der Waals surface area contributed by atoms with Gasteiger partial charge in [0.25, 0.3) is 0 Å². The summed E-state index contributed by atoms with van der Waals surface area (Å²) in [5.74, 6) is 0.227. The van der Waals surface area contributed by atoms with Gasteiger partial charge in [-0.1, -0.05) is 30.3 Å². The number of rotatable bonds is 0. The van der Waals surface area contributed by atoms with Crippen LogP contribution in [0.3, 0.4) is 0 Å². The molecule has 4 aromatic rings. The predicted molar refractivity (Wildman–Crippen MR) is 122 cm³/mol. The number of hydrogen-bond acceptors (Lipinski definition) is 4. The molecule has 0 radical (unpaired) electrons. The number of hydrogen-bond donors (Lipinski definition) is 0. The van der Waals surface area contributed by atoms with Gasteiger partial charge in [-0.3, -0.25) is 0 Å². The highest BCUT2D eigenvalue weighted by Gasteiger charge is 2.21. The second-order valence-electron chi connectivity index (χ2n) is 8.05. The molecule has 7 rings (SSSR count). The van der Waals surface area contributed by atoms with Crippen molar-refractivity contribution in [3.8, 4) is 0 Å². The molecule has 1 unspecified atom stereocenters. The number of fused-ring (bicyclic) bond motifs is 6. The van der Waals surface area contributed by atoms with Gasteiger partial charge < -0.3 is 0 Å². The minimum atomic E-state index is 0.227. The second kappa shape index (κ2) is 5.74. The lowest BCUT2D eigenvalue weighted by molar-refractivity contribution is 0.452. The molecule has 4 aromatic carbocycles. The molecule has 0 saturated carbocycles. The molecule has 0 bridgehead atoms. The van der Waals surface area contributed by atoms with Crippen molar-refractivity contribution in [2.45, 2.75) is 0 Å². The van der Waals surface area contributed by atoms with Crippen molar-refractivity contribution in [1.82, 2.24) is 5.01 Å². The van der Waals surface area contributed by atoms with E-state index in [4.69, 9.17) is 0 Å². The van der Waals surface area contributed by atoms with E-state index in [2.05, 4.69) is 94.4 Å². The summed E-state index contributed by atoms with van der Waals surface area (Å²) in [6.07, 6.45) is 10.6. The minimum Gasteiger partial charge on any atom is -0.219 e. The van der Waals surface area contributed by atoms with Gasteiger partial charge in [0.05, 0.1) is 11.9 Å². The summed E-state index contributed by atoms with van der Waals surface area (Å²) in [7, 11) is 0. The lowest BCUT2D eigenvalue weighted by atomic mass is 9.88. The normalized spacial score (nSPS) is 18.9. The zero-order valence-corrected chi connectivity index (χ0v) is 16.0. The molecule has 0 amide bonds. The summed E-state index contributed by atoms with van der Waals surface area (Å²) in [5, 5.41) is 23.7. The minimum absolute atomic E-state index is 0.227. The Balaban J connectivity index is 1.47. The van der Waals surface area contributed by atoms with Gasteiger partial charge in [0.1, 0.15) is 0 Å². The van der Waals surface area contributed by atoms with Gasteiger partial charge in [-0.05, 0) is 107 Å². The zero-order chi connectivity index (χ0) is 19.7. The molecule has 4 heteroatoms. The Hall–Kier alpha value is -4.05. The van der Waals surface area contributed by atoms with Gasteiger partial charge in [0.15, 0.2) is 0 Å². The number of nitrogens with zero attached hydrogens (tertiary/aromatic N) is 4. The Morgan fingerprint density at radius 3 is 2.13 bits per heavy atom. The van der Waals surface area contributed by atoms with Crippen LogP contribution in [0, 0.1) is 5.92 Å². The van der Waals surface area contributed by atoms with Gasteiger partial charge >= 0.3 is 0 Å². The van der Waals surface area contributed by atoms with Crippen LogP contribution in [0.4, 0.5) is 0 Å². The van der Waals surface area contributed by atoms with Crippen LogP contribution in [0.1, 0.15) is 0 Å². The molecule has 1 atom stereocenters. The van der Waals surface area contributed by atoms with Crippen LogP contribution in [0.15, 0.2) is 99.8 Å². The van der Waals surface area contributed by atoms with Crippen molar-refractivity contribution in [1.29, 1.82) is 0 Å². The van der Waals surface area contributed by atoms with Crippen LogP contribution in [-0.2, 0) is 0 Å². The molecule has 0 saturated heterocycles. The summed E-state index contributed by atoms with van der Waals surface area (Å²) < 4.78 is 0. The average Bonchev–Trinajstić information content (AvgIpc) is 2.77. The Kier molecular flexibility index (Phi) is 3.03. The van der Waals surface area contributed by atoms with Gasteiger partial charge in [-0.15, -0.1) is 5.10 Å². The molecule has 0 spiro atoms. The quantitative estimate of drug-likeness (QED) is 0.402. The Morgan fingerprint density at radius 2 is 1.37 bits per heavy atom. The first-order valence-electron chi connectivity index (χ1n) is 10.1.